The first-order chi connectivity index (χ1) is 42.6. The first kappa shape index (κ1) is 76.6. The number of aromatic hydroxyl groups is 1. The number of alkyl halides is 6. The highest BCUT2D eigenvalue weighted by Gasteiger charge is 2.40. The highest BCUT2D eigenvalue weighted by Crippen LogP contribution is 2.22. The maximum Gasteiger partial charge on any atom is 0.490 e. The van der Waals surface area contributed by atoms with Crippen LogP contribution in [-0.2, 0) is 67.2 Å². The second kappa shape index (κ2) is 36.3. The molecule has 0 saturated carbocycles. The van der Waals surface area contributed by atoms with E-state index in [1.165, 1.54) is 19.1 Å². The lowest BCUT2D eigenvalue weighted by Crippen LogP contribution is -2.62. The molecule has 0 aliphatic rings. The molecule has 1 heterocycles. The highest BCUT2D eigenvalue weighted by atomic mass is 32.1. The standard InChI is InChI=1S/C54H71N11O10S2.2C2HF3O2/c1-29(2)45(54(75)63-44(28-77)53(74)65-46(30(3)66)47(57)68)64-49(70)40(14-8-9-21-55)59-51(72)42(25-35-26-58-39-13-7-6-12-37(35)39)61-50(71)41(24-31-16-19-36(67)20-17-31)60-52(73)43(27-76)62-48(69)38(56)23-32-15-18-33-10-4-5-11-34(33)22-32;2*3-2(4,5)1(6)7/h4-7,10-13,15-20,22,26,29-30,38,40-46,58,66-67,76-77H,8-9,14,21,23-25,27-28,55-56H2,1-3H3,(H2,57,68)(H,59,72)(H,60,73)(H,61,71)(H,62,69)(H,63,75)(H,64,70)(H,65,74);2*(H,6,7)/t30-,38-,40+,41+,42-,43+,44+,45+,46+;;/m1../s1. The molecule has 18 N–H and O–H groups in total. The van der Waals surface area contributed by atoms with Crippen molar-refractivity contribution in [1.82, 2.24) is 42.2 Å². The number of benzene rings is 4. The SMILES string of the molecule is CC(C)[C@H](NC(=O)[C@H](CCCCN)NC(=O)[C@@H](Cc1c[nH]c2ccccc12)NC(=O)[C@H](Cc1ccc(O)cc1)NC(=O)[C@H](CS)NC(=O)[C@H](N)Cc1ccc2ccccc2c1)C(=O)N[C@@H](CS)C(=O)N[C@H](C(N)=O)[C@@H](C)O.O=C(O)C(F)(F)F.O=C(O)C(F)(F)F. The number of H-pyrrole nitrogens is 1. The number of carbonyl (C=O) groups is 10. The summed E-state index contributed by atoms with van der Waals surface area (Å²) in [5, 5.41) is 55.5. The summed E-state index contributed by atoms with van der Waals surface area (Å²) in [6.07, 6.45) is -9.05. The Hall–Kier alpha value is -8.66. The normalized spacial score (nSPS) is 14.3. The lowest BCUT2D eigenvalue weighted by Gasteiger charge is -2.29. The summed E-state index contributed by atoms with van der Waals surface area (Å²) in [6.45, 7) is 4.81. The van der Waals surface area contributed by atoms with Gasteiger partial charge in [-0.25, -0.2) is 9.59 Å². The Morgan fingerprint density at radius 2 is 1.00 bits per heavy atom. The largest absolute Gasteiger partial charge is 0.508 e. The van der Waals surface area contributed by atoms with Gasteiger partial charge in [-0.15, -0.1) is 0 Å². The van der Waals surface area contributed by atoms with Crippen LogP contribution in [0.2, 0.25) is 0 Å². The van der Waals surface area contributed by atoms with Crippen molar-refractivity contribution in [2.45, 2.75) is 126 Å². The van der Waals surface area contributed by atoms with Crippen LogP contribution >= 0.6 is 25.3 Å². The average Bonchev–Trinajstić information content (AvgIpc) is 1.84. The van der Waals surface area contributed by atoms with Crippen LogP contribution in [0.4, 0.5) is 26.3 Å². The summed E-state index contributed by atoms with van der Waals surface area (Å²) in [4.78, 5) is 131. The second-order valence-corrected chi connectivity index (χ2v) is 21.6. The van der Waals surface area contributed by atoms with Gasteiger partial charge in [0.05, 0.1) is 12.1 Å². The van der Waals surface area contributed by atoms with E-state index in [0.29, 0.717) is 24.0 Å². The Balaban J connectivity index is 0.00000138. The predicted molar refractivity (Wildman–Crippen MR) is 327 cm³/mol. The number of aliphatic hydroxyl groups excluding tert-OH is 1. The van der Waals surface area contributed by atoms with Crippen molar-refractivity contribution in [3.63, 3.8) is 0 Å². The first-order valence-electron chi connectivity index (χ1n) is 27.8. The molecule has 0 unspecified atom stereocenters. The fraction of sp³-hybridized carbons (Fsp3) is 0.414. The number of fused-ring (bicyclic) bond motifs is 2. The van der Waals surface area contributed by atoms with Crippen LogP contribution in [0.5, 0.6) is 5.75 Å². The van der Waals surface area contributed by atoms with Crippen LogP contribution in [0.3, 0.4) is 0 Å². The molecule has 5 aromatic rings. The number of phenolic OH excluding ortho intramolecular Hbond substituents is 1. The monoisotopic (exact) mass is 1330 g/mol. The minimum absolute atomic E-state index is 0.0459. The van der Waals surface area contributed by atoms with Crippen molar-refractivity contribution < 1.29 is 94.7 Å². The van der Waals surface area contributed by atoms with Gasteiger partial charge in [0.15, 0.2) is 0 Å². The van der Waals surface area contributed by atoms with E-state index in [2.05, 4.69) is 67.5 Å². The summed E-state index contributed by atoms with van der Waals surface area (Å²) in [6, 6.07) is 16.2. The van der Waals surface area contributed by atoms with E-state index in [9.17, 15) is 74.9 Å². The molecular weight excluding hydrogens is 1250 g/mol. The van der Waals surface area contributed by atoms with Crippen molar-refractivity contribution >= 4 is 106 Å². The first-order valence-corrected chi connectivity index (χ1v) is 29.1. The number of aromatic nitrogens is 1. The van der Waals surface area contributed by atoms with Gasteiger partial charge in [0.2, 0.25) is 47.3 Å². The number of aliphatic hydroxyl groups is 1. The number of carboxylic acid groups (broad SMARTS) is 2. The third-order valence-electron chi connectivity index (χ3n) is 13.4. The molecule has 0 radical (unpaired) electrons. The lowest BCUT2D eigenvalue weighted by atomic mass is 10.00. The van der Waals surface area contributed by atoms with Crippen molar-refractivity contribution in [3.05, 3.63) is 114 Å². The number of amides is 8. The van der Waals surface area contributed by atoms with Crippen LogP contribution in [-0.4, -0.2) is 169 Å². The molecule has 1 aromatic heterocycles. The molecule has 91 heavy (non-hydrogen) atoms. The number of unbranched alkanes of at least 4 members (excludes halogenated alkanes) is 1. The molecule has 25 nitrogen and oxygen atoms in total. The topological polar surface area (TPSA) is 430 Å². The van der Waals surface area contributed by atoms with E-state index in [1.54, 1.807) is 38.2 Å². The minimum Gasteiger partial charge on any atom is -0.508 e. The third kappa shape index (κ3) is 25.3. The van der Waals surface area contributed by atoms with Crippen LogP contribution in [0, 0.1) is 5.92 Å². The fourth-order valence-corrected chi connectivity index (χ4v) is 9.01. The zero-order chi connectivity index (χ0) is 68.5. The Labute approximate surface area is 528 Å². The Morgan fingerprint density at radius 3 is 1.52 bits per heavy atom. The number of primary amides is 1. The number of aromatic amines is 1. The zero-order valence-electron chi connectivity index (χ0n) is 49.1. The van der Waals surface area contributed by atoms with Gasteiger partial charge < -0.3 is 79.8 Å². The van der Waals surface area contributed by atoms with E-state index in [1.807, 2.05) is 60.7 Å². The molecule has 5 rings (SSSR count). The molecular formula is C58H73F6N11O14S2. The Morgan fingerprint density at radius 1 is 0.549 bits per heavy atom. The molecule has 4 aromatic carbocycles. The second-order valence-electron chi connectivity index (χ2n) is 20.8. The summed E-state index contributed by atoms with van der Waals surface area (Å²) in [5.74, 6) is -13.0. The van der Waals surface area contributed by atoms with Gasteiger partial charge in [-0.1, -0.05) is 86.6 Å². The maximum absolute atomic E-state index is 14.8. The van der Waals surface area contributed by atoms with E-state index in [-0.39, 0.29) is 49.5 Å². The molecule has 0 bridgehead atoms. The smallest absolute Gasteiger partial charge is 0.490 e. The molecule has 9 atom stereocenters. The molecule has 498 valence electrons. The van der Waals surface area contributed by atoms with Gasteiger partial charge in [0.1, 0.15) is 48.0 Å². The number of halogens is 6. The van der Waals surface area contributed by atoms with Gasteiger partial charge in [-0.05, 0) is 90.7 Å². The number of hydrogen-bond acceptors (Lipinski definition) is 16. The summed E-state index contributed by atoms with van der Waals surface area (Å²) < 4.78 is 63.5. The van der Waals surface area contributed by atoms with E-state index in [4.69, 9.17) is 37.0 Å². The highest BCUT2D eigenvalue weighted by molar-refractivity contribution is 7.80. The van der Waals surface area contributed by atoms with Crippen LogP contribution in [0.1, 0.15) is 56.7 Å². The van der Waals surface area contributed by atoms with Gasteiger partial charge in [0, 0.05) is 41.4 Å². The van der Waals surface area contributed by atoms with Crippen molar-refractivity contribution in [1.29, 1.82) is 0 Å². The lowest BCUT2D eigenvalue weighted by molar-refractivity contribution is -0.193. The zero-order valence-corrected chi connectivity index (χ0v) is 50.9. The molecule has 0 aliphatic heterocycles. The quantitative estimate of drug-likeness (QED) is 0.0183. The molecule has 8 amide bonds. The number of nitrogens with one attached hydrogen (secondary N) is 8. The molecule has 0 fully saturated rings. The van der Waals surface area contributed by atoms with Crippen molar-refractivity contribution in [2.75, 3.05) is 18.1 Å². The molecule has 0 aliphatic carbocycles. The molecule has 0 saturated heterocycles. The number of aliphatic carboxylic acids is 2. The molecule has 33 heteroatoms. The Bertz CT molecular complexity index is 3280. The van der Waals surface area contributed by atoms with E-state index < -0.39 is 132 Å². The van der Waals surface area contributed by atoms with E-state index in [0.717, 1.165) is 27.2 Å². The van der Waals surface area contributed by atoms with Crippen molar-refractivity contribution in [2.24, 2.45) is 23.1 Å². The number of rotatable bonds is 29. The summed E-state index contributed by atoms with van der Waals surface area (Å²) in [5.41, 5.74) is 20.2. The maximum atomic E-state index is 14.8. The van der Waals surface area contributed by atoms with Gasteiger partial charge in [-0.3, -0.25) is 38.4 Å². The minimum atomic E-state index is -5.08. The van der Waals surface area contributed by atoms with Gasteiger partial charge in [-0.2, -0.15) is 51.6 Å². The van der Waals surface area contributed by atoms with Crippen LogP contribution in [0.25, 0.3) is 21.7 Å². The van der Waals surface area contributed by atoms with Gasteiger partial charge >= 0.3 is 24.3 Å². The number of hydrogen-bond donors (Lipinski definition) is 17. The number of phenols is 1. The van der Waals surface area contributed by atoms with E-state index >= 15 is 0 Å². The molecule has 0 spiro atoms. The third-order valence-corrected chi connectivity index (χ3v) is 14.1. The van der Waals surface area contributed by atoms with Gasteiger partial charge in [0.25, 0.3) is 0 Å². The fourth-order valence-electron chi connectivity index (χ4n) is 8.50. The Kier molecular flexibility index (Phi) is 30.5. The summed E-state index contributed by atoms with van der Waals surface area (Å²) in [7, 11) is 0. The van der Waals surface area contributed by atoms with Crippen LogP contribution in [0.15, 0.2) is 97.2 Å². The number of thiol groups is 2. The summed E-state index contributed by atoms with van der Waals surface area (Å²) >= 11 is 8.54. The average molecular weight is 1330 g/mol. The number of para-hydroxylation sites is 1. The number of carboxylic acids is 2. The van der Waals surface area contributed by atoms with Crippen LogP contribution < -0.4 is 54.4 Å². The van der Waals surface area contributed by atoms with Crippen molar-refractivity contribution in [3.8, 4) is 5.75 Å². The predicted octanol–water partition coefficient (Wildman–Crippen LogP) is 1.55. The number of carbonyl (C=O) groups excluding carboxylic acids is 8. The number of nitrogens with two attached hydrogens (primary N) is 3.